The van der Waals surface area contributed by atoms with E-state index in [1.54, 1.807) is 0 Å². The quantitative estimate of drug-likeness (QED) is 0.0967. The molecule has 0 spiro atoms. The van der Waals surface area contributed by atoms with Crippen molar-refractivity contribution in [2.45, 2.75) is 0 Å². The van der Waals surface area contributed by atoms with E-state index in [2.05, 4.69) is 10.9 Å². The molecule has 1 unspecified atom stereocenters. The number of nitrogens with zero attached hydrogens (tertiary/aromatic N) is 1. The highest BCUT2D eigenvalue weighted by molar-refractivity contribution is 7.29. The number of guanidine groups is 1. The van der Waals surface area contributed by atoms with E-state index in [0.29, 0.717) is 0 Å². The number of hydrazone groups is 1. The van der Waals surface area contributed by atoms with E-state index in [4.69, 9.17) is 25.8 Å². The van der Waals surface area contributed by atoms with Gasteiger partial charge in [0.05, 0.1) is 0 Å². The van der Waals surface area contributed by atoms with Crippen LogP contribution in [-0.4, -0.2) is 10.9 Å². The lowest BCUT2D eigenvalue weighted by molar-refractivity contribution is -0.180. The molecule has 0 fully saturated rings. The van der Waals surface area contributed by atoms with Crippen molar-refractivity contribution < 1.29 is 14.4 Å². The molecule has 8 heteroatoms. The number of hydrogen-bond acceptors (Lipinski definition) is 4. The van der Waals surface area contributed by atoms with Crippen LogP contribution in [-0.2, 0) is 4.57 Å². The van der Waals surface area contributed by atoms with E-state index in [-0.39, 0.29) is 5.96 Å². The summed E-state index contributed by atoms with van der Waals surface area (Å²) in [5, 5.41) is 2.86. The van der Waals surface area contributed by atoms with E-state index in [1.165, 1.54) is 0 Å². The van der Waals surface area contributed by atoms with Crippen LogP contribution in [0.15, 0.2) is 5.10 Å². The molecule has 0 aromatic heterocycles. The van der Waals surface area contributed by atoms with E-state index in [1.807, 2.05) is 0 Å². The first-order chi connectivity index (χ1) is 4.00. The topological polar surface area (TPSA) is 151 Å². The SMILES string of the molecule is NN=C(N)N.O=[P+]([O-])O. The first-order valence-electron chi connectivity index (χ1n) is 1.62. The standard InChI is InChI=1S/CH6N4.HO3P/c2-1(3)5-4;1-4(2)3/h4H2,(H4,2,3,5);(H,1,2,3). The molecule has 0 radical (unpaired) electrons. The molecule has 0 aromatic rings. The van der Waals surface area contributed by atoms with Gasteiger partial charge < -0.3 is 22.2 Å². The van der Waals surface area contributed by atoms with Crippen LogP contribution in [0.5, 0.6) is 0 Å². The van der Waals surface area contributed by atoms with Crippen molar-refractivity contribution in [2.24, 2.45) is 22.4 Å². The van der Waals surface area contributed by atoms with Crippen molar-refractivity contribution in [1.29, 1.82) is 0 Å². The summed E-state index contributed by atoms with van der Waals surface area (Å²) in [4.78, 5) is 15.6. The van der Waals surface area contributed by atoms with Gasteiger partial charge in [-0.25, -0.2) is 0 Å². The maximum absolute atomic E-state index is 8.59. The first kappa shape index (κ1) is 11.0. The molecule has 0 heterocycles. The molecule has 0 amide bonds. The minimum Gasteiger partial charge on any atom is -0.567 e. The van der Waals surface area contributed by atoms with Crippen molar-refractivity contribution in [3.63, 3.8) is 0 Å². The van der Waals surface area contributed by atoms with Gasteiger partial charge in [-0.1, -0.05) is 0 Å². The largest absolute Gasteiger partial charge is 0.567 e. The molecule has 0 saturated carbocycles. The Morgan fingerprint density at radius 1 is 1.67 bits per heavy atom. The van der Waals surface area contributed by atoms with Gasteiger partial charge in [0.1, 0.15) is 0 Å². The number of hydrogen-bond donors (Lipinski definition) is 4. The maximum atomic E-state index is 8.59. The highest BCUT2D eigenvalue weighted by Gasteiger charge is 1.73. The van der Waals surface area contributed by atoms with Crippen LogP contribution < -0.4 is 22.2 Å². The highest BCUT2D eigenvalue weighted by Crippen LogP contribution is 1.89. The van der Waals surface area contributed by atoms with Crippen molar-refractivity contribution in [3.05, 3.63) is 0 Å². The predicted octanol–water partition coefficient (Wildman–Crippen LogP) is -2.87. The maximum Gasteiger partial charge on any atom is 0.485 e. The van der Waals surface area contributed by atoms with Gasteiger partial charge in [0.25, 0.3) is 0 Å². The molecule has 7 nitrogen and oxygen atoms in total. The second kappa shape index (κ2) is 7.09. The van der Waals surface area contributed by atoms with Crippen LogP contribution in [0.1, 0.15) is 0 Å². The normalized spacial score (nSPS) is 8.44. The van der Waals surface area contributed by atoms with E-state index in [9.17, 15) is 0 Å². The molecule has 0 saturated heterocycles. The van der Waals surface area contributed by atoms with Crippen LogP contribution >= 0.6 is 8.25 Å². The summed E-state index contributed by atoms with van der Waals surface area (Å²) in [5.74, 6) is 4.42. The molecule has 0 rings (SSSR count). The summed E-state index contributed by atoms with van der Waals surface area (Å²) < 4.78 is 8.59. The average Bonchev–Trinajstić information content (AvgIpc) is 1.65. The molecule has 0 aliphatic heterocycles. The number of nitrogens with two attached hydrogens (primary N) is 3. The van der Waals surface area contributed by atoms with Gasteiger partial charge in [0.15, 0.2) is 0 Å². The molecule has 0 bridgehead atoms. The third-order valence-corrected chi connectivity index (χ3v) is 0.149. The van der Waals surface area contributed by atoms with Gasteiger partial charge in [-0.05, 0) is 4.57 Å². The Balaban J connectivity index is 0. The van der Waals surface area contributed by atoms with Crippen LogP contribution in [0.3, 0.4) is 0 Å². The number of rotatable bonds is 0. The predicted molar refractivity (Wildman–Crippen MR) is 29.8 cm³/mol. The van der Waals surface area contributed by atoms with Gasteiger partial charge in [0.2, 0.25) is 5.96 Å². The molecule has 7 N–H and O–H groups in total. The van der Waals surface area contributed by atoms with Gasteiger partial charge in [0, 0.05) is 0 Å². The minimum absolute atomic E-state index is 0.0926. The van der Waals surface area contributed by atoms with Crippen LogP contribution in [0.25, 0.3) is 0 Å². The lowest BCUT2D eigenvalue weighted by atomic mass is 11.1. The Labute approximate surface area is 52.1 Å². The highest BCUT2D eigenvalue weighted by atomic mass is 31.1. The van der Waals surface area contributed by atoms with E-state index >= 15 is 0 Å². The van der Waals surface area contributed by atoms with Crippen molar-refractivity contribution >= 4 is 14.2 Å². The zero-order valence-corrected chi connectivity index (χ0v) is 5.28. The smallest absolute Gasteiger partial charge is 0.485 e. The van der Waals surface area contributed by atoms with Crippen LogP contribution in [0, 0.1) is 0 Å². The van der Waals surface area contributed by atoms with Crippen molar-refractivity contribution in [3.8, 4) is 0 Å². The fraction of sp³-hybridized carbons (Fsp3) is 0. The second-order valence-corrected chi connectivity index (χ2v) is 1.27. The Kier molecular flexibility index (Phi) is 8.64. The monoisotopic (exact) mass is 154 g/mol. The molecule has 1 atom stereocenters. The van der Waals surface area contributed by atoms with Gasteiger partial charge >= 0.3 is 8.25 Å². The second-order valence-electron chi connectivity index (χ2n) is 0.792. The summed E-state index contributed by atoms with van der Waals surface area (Å²) in [6.45, 7) is 0. The molecule has 54 valence electrons. The lowest BCUT2D eigenvalue weighted by Gasteiger charge is -1.76. The molecule has 9 heavy (non-hydrogen) atoms. The first-order valence-corrected chi connectivity index (χ1v) is 2.75. The summed E-state index contributed by atoms with van der Waals surface area (Å²) in [6, 6.07) is 0. The molecular weight excluding hydrogens is 147 g/mol. The summed E-state index contributed by atoms with van der Waals surface area (Å²) >= 11 is 0. The van der Waals surface area contributed by atoms with Gasteiger partial charge in [-0.3, -0.25) is 0 Å². The summed E-state index contributed by atoms with van der Waals surface area (Å²) in [6.07, 6.45) is 0. The fourth-order valence-corrected chi connectivity index (χ4v) is 0. The van der Waals surface area contributed by atoms with E-state index < -0.39 is 8.25 Å². The molecule has 0 aliphatic rings. The minimum atomic E-state index is -3.12. The zero-order valence-electron chi connectivity index (χ0n) is 4.39. The average molecular weight is 154 g/mol. The third-order valence-electron chi connectivity index (χ3n) is 0.149. The zero-order chi connectivity index (χ0) is 7.86. The third kappa shape index (κ3) is 155. The Morgan fingerprint density at radius 3 is 1.78 bits per heavy atom. The summed E-state index contributed by atoms with van der Waals surface area (Å²) in [5.41, 5.74) is 9.39. The molecule has 0 aliphatic carbocycles. The lowest BCUT2D eigenvalue weighted by Crippen LogP contribution is -2.23. The molecule has 0 aromatic carbocycles. The van der Waals surface area contributed by atoms with Crippen molar-refractivity contribution in [1.82, 2.24) is 0 Å². The summed E-state index contributed by atoms with van der Waals surface area (Å²) in [7, 11) is -3.12. The Morgan fingerprint density at radius 2 is 1.78 bits per heavy atom. The van der Waals surface area contributed by atoms with Crippen molar-refractivity contribution in [2.75, 3.05) is 0 Å². The van der Waals surface area contributed by atoms with E-state index in [0.717, 1.165) is 0 Å². The van der Waals surface area contributed by atoms with Gasteiger partial charge in [-0.15, -0.1) is 5.10 Å². The van der Waals surface area contributed by atoms with Gasteiger partial charge in [-0.2, -0.15) is 4.89 Å². The fourth-order valence-electron chi connectivity index (χ4n) is 0. The van der Waals surface area contributed by atoms with Crippen LogP contribution in [0.2, 0.25) is 0 Å². The Hall–Kier alpha value is -0.910. The Bertz CT molecular complexity index is 104. The molecular formula is CH7N4O3P. The van der Waals surface area contributed by atoms with Crippen LogP contribution in [0.4, 0.5) is 0 Å².